The highest BCUT2D eigenvalue weighted by atomic mass is 35.5. The highest BCUT2D eigenvalue weighted by Gasteiger charge is 2.31. The maximum atomic E-state index is 12.8. The number of nitrogens with zero attached hydrogens (tertiary/aromatic N) is 2. The van der Waals surface area contributed by atoms with Crippen LogP contribution in [0.5, 0.6) is 0 Å². The Morgan fingerprint density at radius 1 is 1.28 bits per heavy atom. The van der Waals surface area contributed by atoms with E-state index in [0.717, 1.165) is 12.0 Å². The molecule has 1 atom stereocenters. The number of nitro groups is 1. The normalized spacial score (nSPS) is 17.0. The van der Waals surface area contributed by atoms with E-state index in [4.69, 9.17) is 0 Å². The predicted octanol–water partition coefficient (Wildman–Crippen LogP) is 2.69. The first kappa shape index (κ1) is 19.0. The molecule has 1 unspecified atom stereocenters. The largest absolute Gasteiger partial charge is 0.358 e. The molecule has 1 fully saturated rings. The third-order valence-electron chi connectivity index (χ3n) is 4.37. The van der Waals surface area contributed by atoms with Crippen LogP contribution < -0.4 is 5.32 Å². The molecule has 1 aliphatic rings. The number of benzene rings is 1. The smallest absolute Gasteiger partial charge is 0.321 e. The molecule has 1 aliphatic heterocycles. The Hall–Kier alpha value is -2.38. The number of carbonyl (C=O) groups is 1. The van der Waals surface area contributed by atoms with Gasteiger partial charge in [0.15, 0.2) is 5.69 Å². The van der Waals surface area contributed by atoms with Crippen LogP contribution in [0.1, 0.15) is 34.6 Å². The molecular weight excluding hydrogens is 344 g/mol. The number of aryl methyl sites for hydroxylation is 1. The van der Waals surface area contributed by atoms with E-state index >= 15 is 0 Å². The first-order valence-electron chi connectivity index (χ1n) is 8.04. The summed E-state index contributed by atoms with van der Waals surface area (Å²) in [4.78, 5) is 27.4. The number of aromatic amines is 1. The minimum atomic E-state index is -0.532. The van der Waals surface area contributed by atoms with E-state index in [9.17, 15) is 14.9 Å². The molecule has 2 aromatic rings. The summed E-state index contributed by atoms with van der Waals surface area (Å²) in [6.07, 6.45) is 0.970. The minimum Gasteiger partial charge on any atom is -0.358 e. The Kier molecular flexibility index (Phi) is 6.17. The number of nitrogens with one attached hydrogen (secondary N) is 2. The molecule has 7 nitrogen and oxygen atoms in total. The molecule has 134 valence electrons. The van der Waals surface area contributed by atoms with Crippen molar-refractivity contribution in [2.24, 2.45) is 0 Å². The summed E-state index contributed by atoms with van der Waals surface area (Å²) >= 11 is 0. The second-order valence-electron chi connectivity index (χ2n) is 5.83. The number of aromatic nitrogens is 1. The standard InChI is InChI=1S/C17H20N4O3.ClH/c1-2-12-3-5-13(6-4-12)15-11-18-9-10-20(15)17(22)14-7-8-16(19-14)21(23)24;/h3-8,15,18-19H,2,9-11H2,1H3;1H. The van der Waals surface area contributed by atoms with Crippen molar-refractivity contribution < 1.29 is 9.72 Å². The lowest BCUT2D eigenvalue weighted by molar-refractivity contribution is -0.389. The zero-order chi connectivity index (χ0) is 17.1. The topological polar surface area (TPSA) is 91.3 Å². The number of carbonyl (C=O) groups excluding carboxylic acids is 1. The van der Waals surface area contributed by atoms with E-state index in [0.29, 0.717) is 19.6 Å². The van der Waals surface area contributed by atoms with Crippen molar-refractivity contribution >= 4 is 24.1 Å². The lowest BCUT2D eigenvalue weighted by atomic mass is 10.0. The van der Waals surface area contributed by atoms with Crippen LogP contribution in [-0.2, 0) is 6.42 Å². The van der Waals surface area contributed by atoms with Gasteiger partial charge in [-0.3, -0.25) is 4.79 Å². The molecule has 2 N–H and O–H groups in total. The van der Waals surface area contributed by atoms with Crippen LogP contribution in [0.2, 0.25) is 0 Å². The summed E-state index contributed by atoms with van der Waals surface area (Å²) < 4.78 is 0. The lowest BCUT2D eigenvalue weighted by Gasteiger charge is -2.36. The van der Waals surface area contributed by atoms with E-state index in [1.807, 2.05) is 12.1 Å². The third kappa shape index (κ3) is 4.00. The molecule has 0 saturated carbocycles. The van der Waals surface area contributed by atoms with Crippen LogP contribution in [0, 0.1) is 10.1 Å². The molecular formula is C17H21ClN4O3. The summed E-state index contributed by atoms with van der Waals surface area (Å²) in [5.41, 5.74) is 2.56. The molecule has 1 amide bonds. The maximum Gasteiger partial charge on any atom is 0.321 e. The van der Waals surface area contributed by atoms with Crippen molar-refractivity contribution in [2.45, 2.75) is 19.4 Å². The zero-order valence-electron chi connectivity index (χ0n) is 13.9. The average Bonchev–Trinajstić information content (AvgIpc) is 3.12. The van der Waals surface area contributed by atoms with Crippen molar-refractivity contribution in [3.05, 3.63) is 63.3 Å². The fraction of sp³-hybridized carbons (Fsp3) is 0.353. The van der Waals surface area contributed by atoms with E-state index in [-0.39, 0.29) is 35.9 Å². The third-order valence-corrected chi connectivity index (χ3v) is 4.37. The Balaban J connectivity index is 0.00000225. The Bertz CT molecular complexity index is 745. The van der Waals surface area contributed by atoms with E-state index in [1.165, 1.54) is 17.7 Å². The number of hydrogen-bond donors (Lipinski definition) is 2. The highest BCUT2D eigenvalue weighted by Crippen LogP contribution is 2.25. The number of amides is 1. The molecule has 3 rings (SSSR count). The summed E-state index contributed by atoms with van der Waals surface area (Å²) in [6.45, 7) is 4.04. The monoisotopic (exact) mass is 364 g/mol. The first-order chi connectivity index (χ1) is 11.6. The van der Waals surface area contributed by atoms with Crippen molar-refractivity contribution in [1.82, 2.24) is 15.2 Å². The quantitative estimate of drug-likeness (QED) is 0.644. The first-order valence-corrected chi connectivity index (χ1v) is 8.04. The molecule has 1 aromatic heterocycles. The van der Waals surface area contributed by atoms with Crippen molar-refractivity contribution in [3.8, 4) is 0 Å². The van der Waals surface area contributed by atoms with Gasteiger partial charge in [-0.2, -0.15) is 0 Å². The van der Waals surface area contributed by atoms with Crippen molar-refractivity contribution in [3.63, 3.8) is 0 Å². The summed E-state index contributed by atoms with van der Waals surface area (Å²) in [5, 5.41) is 14.1. The Labute approximate surface area is 152 Å². The van der Waals surface area contributed by atoms with Crippen LogP contribution in [0.3, 0.4) is 0 Å². The second-order valence-corrected chi connectivity index (χ2v) is 5.83. The Morgan fingerprint density at radius 2 is 2.00 bits per heavy atom. The highest BCUT2D eigenvalue weighted by molar-refractivity contribution is 5.93. The molecule has 8 heteroatoms. The average molecular weight is 365 g/mol. The lowest BCUT2D eigenvalue weighted by Crippen LogP contribution is -2.48. The van der Waals surface area contributed by atoms with Crippen LogP contribution in [0.25, 0.3) is 0 Å². The predicted molar refractivity (Wildman–Crippen MR) is 97.2 cm³/mol. The van der Waals surface area contributed by atoms with E-state index < -0.39 is 4.92 Å². The number of rotatable bonds is 4. The van der Waals surface area contributed by atoms with Gasteiger partial charge in [0.05, 0.1) is 6.04 Å². The van der Waals surface area contributed by atoms with Gasteiger partial charge in [-0.05, 0) is 28.5 Å². The van der Waals surface area contributed by atoms with Crippen LogP contribution in [-0.4, -0.2) is 40.3 Å². The summed E-state index contributed by atoms with van der Waals surface area (Å²) in [6, 6.07) is 11.0. The van der Waals surface area contributed by atoms with E-state index in [1.54, 1.807) is 4.90 Å². The molecule has 0 aliphatic carbocycles. The van der Waals surface area contributed by atoms with Crippen LogP contribution in [0.4, 0.5) is 5.82 Å². The van der Waals surface area contributed by atoms with Gasteiger partial charge in [-0.15, -0.1) is 12.4 Å². The molecule has 2 heterocycles. The van der Waals surface area contributed by atoms with Crippen LogP contribution >= 0.6 is 12.4 Å². The van der Waals surface area contributed by atoms with Gasteiger partial charge in [-0.1, -0.05) is 31.2 Å². The SMILES string of the molecule is CCc1ccc(C2CNCCN2C(=O)c2ccc([N+](=O)[O-])[nH]2)cc1.Cl. The second kappa shape index (κ2) is 8.13. The number of H-pyrrole nitrogens is 1. The number of hydrogen-bond acceptors (Lipinski definition) is 4. The van der Waals surface area contributed by atoms with Crippen molar-refractivity contribution in [2.75, 3.05) is 19.6 Å². The van der Waals surface area contributed by atoms with Gasteiger partial charge in [0.2, 0.25) is 0 Å². The fourth-order valence-corrected chi connectivity index (χ4v) is 2.99. The molecule has 0 bridgehead atoms. The van der Waals surface area contributed by atoms with Crippen LogP contribution in [0.15, 0.2) is 36.4 Å². The number of piperazine rings is 1. The van der Waals surface area contributed by atoms with Gasteiger partial charge in [0.1, 0.15) is 0 Å². The van der Waals surface area contributed by atoms with Gasteiger partial charge in [-0.25, -0.2) is 4.98 Å². The molecule has 1 saturated heterocycles. The van der Waals surface area contributed by atoms with Gasteiger partial charge < -0.3 is 20.3 Å². The zero-order valence-corrected chi connectivity index (χ0v) is 14.7. The van der Waals surface area contributed by atoms with Gasteiger partial charge >= 0.3 is 5.82 Å². The maximum absolute atomic E-state index is 12.8. The molecule has 25 heavy (non-hydrogen) atoms. The summed E-state index contributed by atoms with van der Waals surface area (Å²) in [7, 11) is 0. The molecule has 0 radical (unpaired) electrons. The van der Waals surface area contributed by atoms with Crippen molar-refractivity contribution in [1.29, 1.82) is 0 Å². The minimum absolute atomic E-state index is 0. The Morgan fingerprint density at radius 3 is 2.60 bits per heavy atom. The molecule has 1 aromatic carbocycles. The number of halogens is 1. The summed E-state index contributed by atoms with van der Waals surface area (Å²) in [5.74, 6) is -0.383. The fourth-order valence-electron chi connectivity index (χ4n) is 2.99. The van der Waals surface area contributed by atoms with E-state index in [2.05, 4.69) is 29.4 Å². The molecule has 0 spiro atoms. The van der Waals surface area contributed by atoms with Gasteiger partial charge in [0, 0.05) is 25.7 Å². The van der Waals surface area contributed by atoms with Gasteiger partial charge in [0.25, 0.3) is 5.91 Å².